The second kappa shape index (κ2) is 9.10. The van der Waals surface area contributed by atoms with Crippen LogP contribution in [0.4, 0.5) is 0 Å². The minimum Gasteiger partial charge on any atom is -0.487 e. The Morgan fingerprint density at radius 2 is 1.94 bits per heavy atom. The number of nitrogens with zero attached hydrogens (tertiary/aromatic N) is 2. The number of fused-ring (bicyclic) bond motifs is 1. The number of hydrogen-bond donors (Lipinski definition) is 1. The van der Waals surface area contributed by atoms with E-state index >= 15 is 0 Å². The van der Waals surface area contributed by atoms with Gasteiger partial charge < -0.3 is 14.8 Å². The van der Waals surface area contributed by atoms with Crippen LogP contribution in [0.1, 0.15) is 45.8 Å². The molecule has 0 saturated heterocycles. The Hall–Kier alpha value is -3.61. The summed E-state index contributed by atoms with van der Waals surface area (Å²) in [6.07, 6.45) is 0.487. The van der Waals surface area contributed by atoms with Crippen molar-refractivity contribution < 1.29 is 19.1 Å². The maximum absolute atomic E-state index is 12.8. The van der Waals surface area contributed by atoms with Crippen molar-refractivity contribution >= 4 is 11.9 Å². The lowest BCUT2D eigenvalue weighted by Crippen LogP contribution is -2.38. The number of esters is 1. The monoisotopic (exact) mass is 447 g/mol. The summed E-state index contributed by atoms with van der Waals surface area (Å²) in [7, 11) is 1.38. The number of carbonyl (C=O) groups is 2. The standard InChI is InChI=1S/C26H29N3O4/c1-15-10-19-13-20(14-27-25(30)18(4)29-17(3)12-16(2)28-29)33-24(19)23(11-15)21-8-6-7-9-22(21)26(31)32-5/h6-12,18,20H,13-14H2,1-5H3,(H,27,30)/t18-,20+/m0/s1. The van der Waals surface area contributed by atoms with E-state index in [-0.39, 0.29) is 18.0 Å². The molecule has 0 saturated carbocycles. The summed E-state index contributed by atoms with van der Waals surface area (Å²) in [4.78, 5) is 25.1. The van der Waals surface area contributed by atoms with Gasteiger partial charge in [-0.25, -0.2) is 4.79 Å². The predicted octanol–water partition coefficient (Wildman–Crippen LogP) is 3.94. The van der Waals surface area contributed by atoms with Gasteiger partial charge >= 0.3 is 5.97 Å². The van der Waals surface area contributed by atoms with Crippen LogP contribution in [0, 0.1) is 20.8 Å². The molecule has 0 bridgehead atoms. The molecule has 2 aromatic carbocycles. The summed E-state index contributed by atoms with van der Waals surface area (Å²) in [5.74, 6) is 0.261. The van der Waals surface area contributed by atoms with E-state index in [0.29, 0.717) is 18.5 Å². The second-order valence-corrected chi connectivity index (χ2v) is 8.57. The van der Waals surface area contributed by atoms with Gasteiger partial charge in [0.25, 0.3) is 0 Å². The molecule has 172 valence electrons. The molecular formula is C26H29N3O4. The van der Waals surface area contributed by atoms with Crippen LogP contribution in [-0.2, 0) is 16.0 Å². The highest BCUT2D eigenvalue weighted by molar-refractivity contribution is 5.98. The highest BCUT2D eigenvalue weighted by Crippen LogP contribution is 2.41. The Labute approximate surface area is 193 Å². The molecule has 0 unspecified atom stereocenters. The molecule has 2 atom stereocenters. The molecule has 0 radical (unpaired) electrons. The van der Waals surface area contributed by atoms with E-state index in [1.54, 1.807) is 10.7 Å². The van der Waals surface area contributed by atoms with Crippen molar-refractivity contribution in [2.24, 2.45) is 0 Å². The first-order chi connectivity index (χ1) is 15.8. The van der Waals surface area contributed by atoms with E-state index < -0.39 is 6.04 Å². The zero-order chi connectivity index (χ0) is 23.7. The molecule has 4 rings (SSSR count). The van der Waals surface area contributed by atoms with Crippen molar-refractivity contribution in [3.05, 3.63) is 70.5 Å². The van der Waals surface area contributed by atoms with Crippen LogP contribution in [0.25, 0.3) is 11.1 Å². The van der Waals surface area contributed by atoms with E-state index in [9.17, 15) is 9.59 Å². The first-order valence-corrected chi connectivity index (χ1v) is 11.1. The van der Waals surface area contributed by atoms with Crippen LogP contribution in [0.5, 0.6) is 5.75 Å². The quantitative estimate of drug-likeness (QED) is 0.579. The van der Waals surface area contributed by atoms with Gasteiger partial charge in [0.15, 0.2) is 0 Å². The molecule has 1 aliphatic rings. The van der Waals surface area contributed by atoms with Gasteiger partial charge in [0.2, 0.25) is 5.91 Å². The number of carbonyl (C=O) groups excluding carboxylic acids is 2. The first kappa shape index (κ1) is 22.6. The molecule has 7 nitrogen and oxygen atoms in total. The second-order valence-electron chi connectivity index (χ2n) is 8.57. The van der Waals surface area contributed by atoms with Crippen LogP contribution in [-0.4, -0.2) is 41.4 Å². The fourth-order valence-electron chi connectivity index (χ4n) is 4.42. The fraction of sp³-hybridized carbons (Fsp3) is 0.346. The molecule has 3 aromatic rings. The third-order valence-corrected chi connectivity index (χ3v) is 5.96. The normalized spacial score (nSPS) is 15.5. The van der Waals surface area contributed by atoms with Crippen molar-refractivity contribution in [3.8, 4) is 16.9 Å². The lowest BCUT2D eigenvalue weighted by molar-refractivity contribution is -0.124. The van der Waals surface area contributed by atoms with E-state index in [4.69, 9.17) is 9.47 Å². The number of ether oxygens (including phenoxy) is 2. The van der Waals surface area contributed by atoms with Gasteiger partial charge in [-0.15, -0.1) is 0 Å². The number of aryl methyl sites for hydroxylation is 3. The summed E-state index contributed by atoms with van der Waals surface area (Å²) in [5, 5.41) is 7.42. The number of amides is 1. The average molecular weight is 448 g/mol. The van der Waals surface area contributed by atoms with E-state index in [2.05, 4.69) is 16.5 Å². The molecule has 1 aliphatic heterocycles. The number of hydrogen-bond acceptors (Lipinski definition) is 5. The largest absolute Gasteiger partial charge is 0.487 e. The van der Waals surface area contributed by atoms with Gasteiger partial charge in [0, 0.05) is 17.7 Å². The average Bonchev–Trinajstić information content (AvgIpc) is 3.37. The first-order valence-electron chi connectivity index (χ1n) is 11.1. The lowest BCUT2D eigenvalue weighted by atomic mass is 9.94. The number of methoxy groups -OCH3 is 1. The number of benzene rings is 2. The molecule has 2 heterocycles. The molecule has 0 spiro atoms. The minimum atomic E-state index is -0.410. The number of rotatable bonds is 6. The van der Waals surface area contributed by atoms with Crippen molar-refractivity contribution in [1.29, 1.82) is 0 Å². The van der Waals surface area contributed by atoms with Gasteiger partial charge in [0.1, 0.15) is 17.9 Å². The zero-order valence-corrected chi connectivity index (χ0v) is 19.6. The Morgan fingerprint density at radius 3 is 2.64 bits per heavy atom. The SMILES string of the molecule is COC(=O)c1ccccc1-c1cc(C)cc2c1O[C@@H](CNC(=O)[C@H](C)n1nc(C)cc1C)C2. The Bertz CT molecular complexity index is 1210. The highest BCUT2D eigenvalue weighted by Gasteiger charge is 2.29. The van der Waals surface area contributed by atoms with Crippen LogP contribution < -0.4 is 10.1 Å². The molecular weight excluding hydrogens is 418 g/mol. The molecule has 7 heteroatoms. The van der Waals surface area contributed by atoms with Crippen LogP contribution >= 0.6 is 0 Å². The van der Waals surface area contributed by atoms with E-state index in [1.807, 2.05) is 58.0 Å². The van der Waals surface area contributed by atoms with Crippen molar-refractivity contribution in [1.82, 2.24) is 15.1 Å². The summed E-state index contributed by atoms with van der Waals surface area (Å²) in [6, 6.07) is 13.0. The van der Waals surface area contributed by atoms with Crippen LogP contribution in [0.3, 0.4) is 0 Å². The maximum atomic E-state index is 12.8. The summed E-state index contributed by atoms with van der Waals surface area (Å²) >= 11 is 0. The summed E-state index contributed by atoms with van der Waals surface area (Å²) in [6.45, 7) is 8.10. The van der Waals surface area contributed by atoms with Gasteiger partial charge in [-0.1, -0.05) is 24.3 Å². The Kier molecular flexibility index (Phi) is 6.22. The Morgan fingerprint density at radius 1 is 1.18 bits per heavy atom. The van der Waals surface area contributed by atoms with E-state index in [0.717, 1.165) is 39.4 Å². The van der Waals surface area contributed by atoms with E-state index in [1.165, 1.54) is 7.11 Å². The smallest absolute Gasteiger partial charge is 0.338 e. The molecule has 0 fully saturated rings. The minimum absolute atomic E-state index is 0.104. The predicted molar refractivity (Wildman–Crippen MR) is 125 cm³/mol. The van der Waals surface area contributed by atoms with Gasteiger partial charge in [-0.05, 0) is 62.6 Å². The molecule has 33 heavy (non-hydrogen) atoms. The Balaban J connectivity index is 1.52. The third-order valence-electron chi connectivity index (χ3n) is 5.96. The topological polar surface area (TPSA) is 82.5 Å². The van der Waals surface area contributed by atoms with Gasteiger partial charge in [-0.2, -0.15) is 5.10 Å². The summed E-state index contributed by atoms with van der Waals surface area (Å²) in [5.41, 5.74) is 6.10. The zero-order valence-electron chi connectivity index (χ0n) is 19.6. The lowest BCUT2D eigenvalue weighted by Gasteiger charge is -2.18. The molecule has 0 aliphatic carbocycles. The maximum Gasteiger partial charge on any atom is 0.338 e. The molecule has 1 N–H and O–H groups in total. The van der Waals surface area contributed by atoms with Gasteiger partial charge in [0.05, 0.1) is 24.9 Å². The van der Waals surface area contributed by atoms with Crippen molar-refractivity contribution in [2.45, 2.75) is 46.3 Å². The fourth-order valence-corrected chi connectivity index (χ4v) is 4.42. The van der Waals surface area contributed by atoms with Gasteiger partial charge in [-0.3, -0.25) is 9.48 Å². The van der Waals surface area contributed by atoms with Crippen molar-refractivity contribution in [2.75, 3.05) is 13.7 Å². The summed E-state index contributed by atoms with van der Waals surface area (Å²) < 4.78 is 13.0. The van der Waals surface area contributed by atoms with Crippen LogP contribution in [0.2, 0.25) is 0 Å². The van der Waals surface area contributed by atoms with Crippen molar-refractivity contribution in [3.63, 3.8) is 0 Å². The van der Waals surface area contributed by atoms with Crippen LogP contribution in [0.15, 0.2) is 42.5 Å². The molecule has 1 amide bonds. The highest BCUT2D eigenvalue weighted by atomic mass is 16.5. The molecule has 1 aromatic heterocycles. The number of aromatic nitrogens is 2. The number of nitrogens with one attached hydrogen (secondary N) is 1. The third kappa shape index (κ3) is 4.49.